The van der Waals surface area contributed by atoms with Crippen LogP contribution in [-0.2, 0) is 24.0 Å². The summed E-state index contributed by atoms with van der Waals surface area (Å²) in [6.07, 6.45) is 3.03. The third kappa shape index (κ3) is 4.86. The van der Waals surface area contributed by atoms with Crippen molar-refractivity contribution in [1.29, 1.82) is 0 Å². The number of Topliss-reactive ketones (excluding diaryl/α,β-unsaturated/α-hetero) is 1. The van der Waals surface area contributed by atoms with Crippen LogP contribution in [0.15, 0.2) is 54.1 Å². The summed E-state index contributed by atoms with van der Waals surface area (Å²) >= 11 is 5.79. The second-order valence-electron chi connectivity index (χ2n) is 6.20. The fraction of sp³-hybridized carbons (Fsp3) is 0.300. The SMILES string of the molecule is C=C(Cl)CN(OC(=O)c1ccccc1)C(=O)CC1(C(=O)OC)C=CCCC1=O. The zero-order chi connectivity index (χ0) is 20.7. The molecular weight excluding hydrogens is 386 g/mol. The molecule has 0 radical (unpaired) electrons. The first-order valence-corrected chi connectivity index (χ1v) is 8.88. The van der Waals surface area contributed by atoms with Crippen LogP contribution in [-0.4, -0.2) is 42.3 Å². The summed E-state index contributed by atoms with van der Waals surface area (Å²) in [6.45, 7) is 3.20. The van der Waals surface area contributed by atoms with E-state index in [4.69, 9.17) is 21.2 Å². The molecule has 0 heterocycles. The molecule has 0 saturated heterocycles. The molecule has 1 aliphatic rings. The van der Waals surface area contributed by atoms with Crippen molar-refractivity contribution in [3.8, 4) is 0 Å². The number of amides is 1. The highest BCUT2D eigenvalue weighted by Gasteiger charge is 2.48. The monoisotopic (exact) mass is 405 g/mol. The second-order valence-corrected chi connectivity index (χ2v) is 6.73. The Morgan fingerprint density at radius 2 is 1.93 bits per heavy atom. The molecule has 0 fully saturated rings. The molecule has 1 aromatic carbocycles. The van der Waals surface area contributed by atoms with Gasteiger partial charge in [0.15, 0.2) is 11.2 Å². The van der Waals surface area contributed by atoms with Crippen LogP contribution in [0.4, 0.5) is 0 Å². The summed E-state index contributed by atoms with van der Waals surface area (Å²) in [7, 11) is 1.14. The van der Waals surface area contributed by atoms with E-state index in [-0.39, 0.29) is 23.6 Å². The average molecular weight is 406 g/mol. The van der Waals surface area contributed by atoms with E-state index in [0.29, 0.717) is 11.5 Å². The molecule has 1 atom stereocenters. The zero-order valence-corrected chi connectivity index (χ0v) is 16.1. The Kier molecular flexibility index (Phi) is 7.12. The molecule has 28 heavy (non-hydrogen) atoms. The van der Waals surface area contributed by atoms with Crippen LogP contribution in [0, 0.1) is 5.41 Å². The van der Waals surface area contributed by atoms with Crippen LogP contribution in [0.5, 0.6) is 0 Å². The van der Waals surface area contributed by atoms with Gasteiger partial charge in [0.1, 0.15) is 0 Å². The summed E-state index contributed by atoms with van der Waals surface area (Å²) in [4.78, 5) is 55.1. The molecule has 1 amide bonds. The molecular formula is C20H20ClNO6. The van der Waals surface area contributed by atoms with Crippen LogP contribution in [0.25, 0.3) is 0 Å². The number of carbonyl (C=O) groups excluding carboxylic acids is 4. The van der Waals surface area contributed by atoms with Gasteiger partial charge in [-0.2, -0.15) is 5.06 Å². The number of hydroxylamine groups is 2. The molecule has 1 aromatic rings. The maximum absolute atomic E-state index is 12.8. The number of ether oxygens (including phenoxy) is 1. The van der Waals surface area contributed by atoms with E-state index in [9.17, 15) is 19.2 Å². The summed E-state index contributed by atoms with van der Waals surface area (Å²) < 4.78 is 4.74. The van der Waals surface area contributed by atoms with Crippen molar-refractivity contribution in [1.82, 2.24) is 5.06 Å². The van der Waals surface area contributed by atoms with Gasteiger partial charge in [-0.1, -0.05) is 48.5 Å². The molecule has 0 saturated carbocycles. The number of hydrogen-bond donors (Lipinski definition) is 0. The van der Waals surface area contributed by atoms with E-state index in [2.05, 4.69) is 6.58 Å². The van der Waals surface area contributed by atoms with Gasteiger partial charge in [0, 0.05) is 11.5 Å². The molecule has 148 valence electrons. The quantitative estimate of drug-likeness (QED) is 0.313. The number of hydrogen-bond acceptors (Lipinski definition) is 6. The summed E-state index contributed by atoms with van der Waals surface area (Å²) in [5, 5.41) is 0.734. The van der Waals surface area contributed by atoms with Crippen molar-refractivity contribution in [2.45, 2.75) is 19.3 Å². The molecule has 8 heteroatoms. The van der Waals surface area contributed by atoms with E-state index in [1.54, 1.807) is 24.3 Å². The van der Waals surface area contributed by atoms with E-state index >= 15 is 0 Å². The average Bonchev–Trinajstić information content (AvgIpc) is 2.68. The Morgan fingerprint density at radius 3 is 2.50 bits per heavy atom. The van der Waals surface area contributed by atoms with E-state index in [1.807, 2.05) is 0 Å². The number of ketones is 1. The lowest BCUT2D eigenvalue weighted by atomic mass is 9.75. The number of nitrogens with zero attached hydrogens (tertiary/aromatic N) is 1. The summed E-state index contributed by atoms with van der Waals surface area (Å²) in [5.74, 6) is -2.85. The summed E-state index contributed by atoms with van der Waals surface area (Å²) in [5.41, 5.74) is -1.54. The van der Waals surface area contributed by atoms with Gasteiger partial charge in [0.2, 0.25) is 0 Å². The van der Waals surface area contributed by atoms with E-state index < -0.39 is 35.5 Å². The van der Waals surface area contributed by atoms with Gasteiger partial charge in [-0.3, -0.25) is 14.4 Å². The fourth-order valence-electron chi connectivity index (χ4n) is 2.79. The maximum atomic E-state index is 12.8. The van der Waals surface area contributed by atoms with E-state index in [0.717, 1.165) is 7.11 Å². The lowest BCUT2D eigenvalue weighted by Gasteiger charge is -2.30. The van der Waals surface area contributed by atoms with Crippen LogP contribution >= 0.6 is 11.6 Å². The first-order chi connectivity index (χ1) is 13.3. The lowest BCUT2D eigenvalue weighted by Crippen LogP contribution is -2.46. The van der Waals surface area contributed by atoms with Crippen molar-refractivity contribution >= 4 is 35.2 Å². The third-order valence-corrected chi connectivity index (χ3v) is 4.33. The summed E-state index contributed by atoms with van der Waals surface area (Å²) in [6, 6.07) is 8.04. The standard InChI is InChI=1S/C20H20ClNO6/c1-14(21)13-22(28-18(25)15-8-4-3-5-9-15)17(24)12-20(19(26)27-2)11-7-6-10-16(20)23/h3-5,7-9,11H,1,6,10,12-13H2,2H3. The molecule has 0 N–H and O–H groups in total. The first kappa shape index (κ1) is 21.4. The topological polar surface area (TPSA) is 90.0 Å². The number of benzene rings is 1. The lowest BCUT2D eigenvalue weighted by molar-refractivity contribution is -0.172. The maximum Gasteiger partial charge on any atom is 0.363 e. The van der Waals surface area contributed by atoms with Crippen LogP contribution in [0.1, 0.15) is 29.6 Å². The highest BCUT2D eigenvalue weighted by Crippen LogP contribution is 2.34. The minimum atomic E-state index is -1.75. The van der Waals surface area contributed by atoms with Gasteiger partial charge in [-0.05, 0) is 18.6 Å². The third-order valence-electron chi connectivity index (χ3n) is 4.21. The number of rotatable bonds is 6. The zero-order valence-electron chi connectivity index (χ0n) is 15.4. The molecule has 2 rings (SSSR count). The van der Waals surface area contributed by atoms with Gasteiger partial charge >= 0.3 is 11.9 Å². The Hall–Kier alpha value is -2.93. The number of allylic oxidation sites excluding steroid dienone is 1. The van der Waals surface area contributed by atoms with Crippen LogP contribution in [0.3, 0.4) is 0 Å². The normalized spacial score (nSPS) is 18.3. The van der Waals surface area contributed by atoms with Gasteiger partial charge in [-0.25, -0.2) is 4.79 Å². The molecule has 1 aliphatic carbocycles. The second kappa shape index (κ2) is 9.32. The molecule has 0 aromatic heterocycles. The Labute approximate surface area is 167 Å². The minimum Gasteiger partial charge on any atom is -0.468 e. The van der Waals surface area contributed by atoms with Crippen molar-refractivity contribution in [3.05, 3.63) is 59.7 Å². The van der Waals surface area contributed by atoms with Crippen LogP contribution < -0.4 is 0 Å². The smallest absolute Gasteiger partial charge is 0.363 e. The van der Waals surface area contributed by atoms with Crippen molar-refractivity contribution in [2.24, 2.45) is 5.41 Å². The Morgan fingerprint density at radius 1 is 1.25 bits per heavy atom. The largest absolute Gasteiger partial charge is 0.468 e. The predicted molar refractivity (Wildman–Crippen MR) is 101 cm³/mol. The van der Waals surface area contributed by atoms with Gasteiger partial charge in [0.05, 0.1) is 25.6 Å². The molecule has 7 nitrogen and oxygen atoms in total. The number of carbonyl (C=O) groups is 4. The first-order valence-electron chi connectivity index (χ1n) is 8.50. The van der Waals surface area contributed by atoms with Crippen molar-refractivity contribution in [3.63, 3.8) is 0 Å². The van der Waals surface area contributed by atoms with Crippen molar-refractivity contribution < 1.29 is 28.8 Å². The molecule has 1 unspecified atom stereocenters. The predicted octanol–water partition coefficient (Wildman–Crippen LogP) is 2.81. The number of methoxy groups -OCH3 is 1. The Balaban J connectivity index is 2.26. The number of esters is 1. The highest BCUT2D eigenvalue weighted by atomic mass is 35.5. The van der Waals surface area contributed by atoms with Gasteiger partial charge in [-0.15, -0.1) is 0 Å². The minimum absolute atomic E-state index is 0.0341. The Bertz CT molecular complexity index is 819. The molecule has 0 bridgehead atoms. The van der Waals surface area contributed by atoms with E-state index in [1.165, 1.54) is 18.2 Å². The molecule has 0 spiro atoms. The van der Waals surface area contributed by atoms with Gasteiger partial charge in [0.25, 0.3) is 5.91 Å². The van der Waals surface area contributed by atoms with Gasteiger partial charge < -0.3 is 9.57 Å². The fourth-order valence-corrected chi connectivity index (χ4v) is 2.90. The highest BCUT2D eigenvalue weighted by molar-refractivity contribution is 6.29. The van der Waals surface area contributed by atoms with Crippen molar-refractivity contribution in [2.75, 3.05) is 13.7 Å². The molecule has 0 aliphatic heterocycles. The van der Waals surface area contributed by atoms with Crippen LogP contribution in [0.2, 0.25) is 0 Å². The number of halogens is 1.